The van der Waals surface area contributed by atoms with Gasteiger partial charge in [-0.05, 0) is 29.7 Å². The molecule has 14 heavy (non-hydrogen) atoms. The molecule has 0 fully saturated rings. The predicted molar refractivity (Wildman–Crippen MR) is 57.1 cm³/mol. The van der Waals surface area contributed by atoms with E-state index in [1.807, 2.05) is 0 Å². The number of primary amides is 1. The summed E-state index contributed by atoms with van der Waals surface area (Å²) < 4.78 is 0. The number of benzene rings is 1. The van der Waals surface area contributed by atoms with Crippen LogP contribution in [0.25, 0.3) is 0 Å². The molecular formula is C10H7Cl2NO. The van der Waals surface area contributed by atoms with Crippen LogP contribution < -0.4 is 5.73 Å². The zero-order chi connectivity index (χ0) is 10.6. The molecule has 0 aromatic heterocycles. The molecule has 1 aromatic carbocycles. The molecule has 4 heteroatoms. The Hall–Kier alpha value is -1.17. The fourth-order valence-electron chi connectivity index (χ4n) is 0.889. The standard InChI is InChI=1S/C10H7Cl2NO/c11-6-8-5-7(1-3-9(8)12)2-4-10(13)14/h1,3,5H,6H2,(H2,13,14). The van der Waals surface area contributed by atoms with Crippen molar-refractivity contribution >= 4 is 29.1 Å². The Labute approximate surface area is 92.0 Å². The maximum Gasteiger partial charge on any atom is 0.293 e. The van der Waals surface area contributed by atoms with E-state index in [-0.39, 0.29) is 0 Å². The SMILES string of the molecule is NC(=O)C#Cc1ccc(Cl)c(CCl)c1. The van der Waals surface area contributed by atoms with Gasteiger partial charge in [-0.15, -0.1) is 11.6 Å². The van der Waals surface area contributed by atoms with E-state index < -0.39 is 5.91 Å². The molecule has 0 bridgehead atoms. The van der Waals surface area contributed by atoms with Gasteiger partial charge in [-0.2, -0.15) is 0 Å². The molecule has 0 aliphatic carbocycles. The highest BCUT2D eigenvalue weighted by atomic mass is 35.5. The van der Waals surface area contributed by atoms with Crippen LogP contribution in [-0.2, 0) is 10.7 Å². The van der Waals surface area contributed by atoms with E-state index in [9.17, 15) is 4.79 Å². The number of amides is 1. The van der Waals surface area contributed by atoms with Gasteiger partial charge in [0.2, 0.25) is 0 Å². The van der Waals surface area contributed by atoms with Crippen LogP contribution in [0.2, 0.25) is 5.02 Å². The van der Waals surface area contributed by atoms with Crippen LogP contribution in [0.1, 0.15) is 11.1 Å². The molecule has 0 atom stereocenters. The van der Waals surface area contributed by atoms with E-state index in [2.05, 4.69) is 11.8 Å². The first-order chi connectivity index (χ1) is 6.63. The fourth-order valence-corrected chi connectivity index (χ4v) is 1.36. The fraction of sp³-hybridized carbons (Fsp3) is 0.100. The highest BCUT2D eigenvalue weighted by molar-refractivity contribution is 6.32. The minimum atomic E-state index is -0.660. The maximum atomic E-state index is 10.4. The van der Waals surface area contributed by atoms with Crippen molar-refractivity contribution in [3.63, 3.8) is 0 Å². The zero-order valence-electron chi connectivity index (χ0n) is 7.18. The van der Waals surface area contributed by atoms with Gasteiger partial charge in [-0.25, -0.2) is 0 Å². The number of rotatable bonds is 1. The van der Waals surface area contributed by atoms with Gasteiger partial charge in [0.05, 0.1) is 0 Å². The van der Waals surface area contributed by atoms with Crippen molar-refractivity contribution < 1.29 is 4.79 Å². The first-order valence-corrected chi connectivity index (χ1v) is 4.70. The van der Waals surface area contributed by atoms with E-state index in [1.165, 1.54) is 0 Å². The quantitative estimate of drug-likeness (QED) is 0.579. The van der Waals surface area contributed by atoms with Crippen LogP contribution in [0.15, 0.2) is 18.2 Å². The number of hydrogen-bond acceptors (Lipinski definition) is 1. The van der Waals surface area contributed by atoms with Gasteiger partial charge in [-0.3, -0.25) is 4.79 Å². The Morgan fingerprint density at radius 1 is 1.50 bits per heavy atom. The summed E-state index contributed by atoms with van der Waals surface area (Å²) in [6, 6.07) is 5.11. The summed E-state index contributed by atoms with van der Waals surface area (Å²) in [4.78, 5) is 10.4. The van der Waals surface area contributed by atoms with Crippen LogP contribution in [0.5, 0.6) is 0 Å². The van der Waals surface area contributed by atoms with E-state index >= 15 is 0 Å². The lowest BCUT2D eigenvalue weighted by Gasteiger charge is -1.99. The molecule has 1 amide bonds. The lowest BCUT2D eigenvalue weighted by molar-refractivity contribution is -0.112. The minimum Gasteiger partial charge on any atom is -0.359 e. The average molecular weight is 228 g/mol. The van der Waals surface area contributed by atoms with Crippen molar-refractivity contribution in [2.75, 3.05) is 0 Å². The van der Waals surface area contributed by atoms with E-state index in [0.29, 0.717) is 16.5 Å². The van der Waals surface area contributed by atoms with Crippen molar-refractivity contribution in [1.29, 1.82) is 0 Å². The summed E-state index contributed by atoms with van der Waals surface area (Å²) in [5.41, 5.74) is 6.33. The predicted octanol–water partition coefficient (Wildman–Crippen LogP) is 1.92. The van der Waals surface area contributed by atoms with Crippen molar-refractivity contribution in [3.05, 3.63) is 34.3 Å². The molecule has 2 nitrogen and oxygen atoms in total. The highest BCUT2D eigenvalue weighted by Crippen LogP contribution is 2.18. The van der Waals surface area contributed by atoms with Crippen molar-refractivity contribution in [3.8, 4) is 11.8 Å². The van der Waals surface area contributed by atoms with E-state index in [4.69, 9.17) is 28.9 Å². The Morgan fingerprint density at radius 3 is 2.79 bits per heavy atom. The molecule has 0 saturated heterocycles. The smallest absolute Gasteiger partial charge is 0.293 e. The molecule has 0 aliphatic heterocycles. The third kappa shape index (κ3) is 2.95. The highest BCUT2D eigenvalue weighted by Gasteiger charge is 1.98. The third-order valence-electron chi connectivity index (χ3n) is 1.52. The summed E-state index contributed by atoms with van der Waals surface area (Å²) >= 11 is 11.5. The summed E-state index contributed by atoms with van der Waals surface area (Å²) in [6.45, 7) is 0. The summed E-state index contributed by atoms with van der Waals surface area (Å²) in [6.07, 6.45) is 0. The van der Waals surface area contributed by atoms with Crippen LogP contribution in [0.4, 0.5) is 0 Å². The first kappa shape index (κ1) is 10.9. The monoisotopic (exact) mass is 227 g/mol. The molecule has 2 N–H and O–H groups in total. The molecule has 0 aliphatic rings. The van der Waals surface area contributed by atoms with Gasteiger partial charge < -0.3 is 5.73 Å². The zero-order valence-corrected chi connectivity index (χ0v) is 8.69. The van der Waals surface area contributed by atoms with Gasteiger partial charge in [-0.1, -0.05) is 17.5 Å². The Kier molecular flexibility index (Phi) is 3.82. The molecule has 0 spiro atoms. The number of halogens is 2. The second-order valence-corrected chi connectivity index (χ2v) is 3.23. The van der Waals surface area contributed by atoms with Gasteiger partial charge in [0.25, 0.3) is 5.91 Å². The Bertz CT molecular complexity index is 418. The summed E-state index contributed by atoms with van der Waals surface area (Å²) in [7, 11) is 0. The van der Waals surface area contributed by atoms with Crippen molar-refractivity contribution in [1.82, 2.24) is 0 Å². The topological polar surface area (TPSA) is 43.1 Å². The Morgan fingerprint density at radius 2 is 2.21 bits per heavy atom. The summed E-state index contributed by atoms with van der Waals surface area (Å²) in [5.74, 6) is 4.49. The van der Waals surface area contributed by atoms with Gasteiger partial charge in [0, 0.05) is 16.5 Å². The maximum absolute atomic E-state index is 10.4. The summed E-state index contributed by atoms with van der Waals surface area (Å²) in [5, 5.41) is 0.588. The Balaban J connectivity index is 3.03. The molecule has 0 radical (unpaired) electrons. The van der Waals surface area contributed by atoms with Gasteiger partial charge in [0.1, 0.15) is 0 Å². The van der Waals surface area contributed by atoms with Crippen molar-refractivity contribution in [2.24, 2.45) is 5.73 Å². The second-order valence-electron chi connectivity index (χ2n) is 2.55. The third-order valence-corrected chi connectivity index (χ3v) is 2.18. The van der Waals surface area contributed by atoms with Crippen molar-refractivity contribution in [2.45, 2.75) is 5.88 Å². The molecule has 0 heterocycles. The lowest BCUT2D eigenvalue weighted by Crippen LogP contribution is -2.06. The number of hydrogen-bond donors (Lipinski definition) is 1. The molecule has 0 saturated carbocycles. The van der Waals surface area contributed by atoms with Gasteiger partial charge in [0.15, 0.2) is 0 Å². The minimum absolute atomic E-state index is 0.310. The van der Waals surface area contributed by atoms with Crippen LogP contribution in [0, 0.1) is 11.8 Å². The van der Waals surface area contributed by atoms with Crippen LogP contribution >= 0.6 is 23.2 Å². The second kappa shape index (κ2) is 4.90. The normalized spacial score (nSPS) is 9.00. The van der Waals surface area contributed by atoms with Gasteiger partial charge >= 0.3 is 0 Å². The van der Waals surface area contributed by atoms with Crippen LogP contribution in [0.3, 0.4) is 0 Å². The molecule has 72 valence electrons. The van der Waals surface area contributed by atoms with Crippen LogP contribution in [-0.4, -0.2) is 5.91 Å². The molecule has 1 rings (SSSR count). The number of alkyl halides is 1. The van der Waals surface area contributed by atoms with E-state index in [0.717, 1.165) is 5.56 Å². The molecular weight excluding hydrogens is 221 g/mol. The number of carbonyl (C=O) groups is 1. The lowest BCUT2D eigenvalue weighted by atomic mass is 10.1. The largest absolute Gasteiger partial charge is 0.359 e. The molecule has 0 unspecified atom stereocenters. The molecule has 1 aromatic rings. The first-order valence-electron chi connectivity index (χ1n) is 3.79. The number of nitrogens with two attached hydrogens (primary N) is 1. The number of carbonyl (C=O) groups excluding carboxylic acids is 1. The van der Waals surface area contributed by atoms with E-state index in [1.54, 1.807) is 18.2 Å². The average Bonchev–Trinajstić information content (AvgIpc) is 2.16.